The summed E-state index contributed by atoms with van der Waals surface area (Å²) in [6.07, 6.45) is 12.7. The van der Waals surface area contributed by atoms with Crippen LogP contribution in [0.5, 0.6) is 0 Å². The minimum absolute atomic E-state index is 0.137. The van der Waals surface area contributed by atoms with Gasteiger partial charge in [-0.1, -0.05) is 61.7 Å². The van der Waals surface area contributed by atoms with Crippen LogP contribution < -0.4 is 10.8 Å². The Bertz CT molecular complexity index is 493. The lowest BCUT2D eigenvalue weighted by molar-refractivity contribution is -0.128. The van der Waals surface area contributed by atoms with Crippen LogP contribution in [-0.4, -0.2) is 54.8 Å². The van der Waals surface area contributed by atoms with Crippen molar-refractivity contribution in [2.45, 2.75) is 96.3 Å². The smallest absolute Gasteiger partial charge is 0.324 e. The molecule has 0 spiro atoms. The molecule has 0 aliphatic rings. The van der Waals surface area contributed by atoms with E-state index in [4.69, 9.17) is 5.21 Å². The Labute approximate surface area is 192 Å². The second kappa shape index (κ2) is 23.7. The number of unbranched alkanes of at least 4 members (excludes halogenated alkanes) is 11. The first kappa shape index (κ1) is 30.1. The zero-order valence-electron chi connectivity index (χ0n) is 19.6. The summed E-state index contributed by atoms with van der Waals surface area (Å²) in [4.78, 5) is 46.7. The molecule has 32 heavy (non-hydrogen) atoms. The highest BCUT2D eigenvalue weighted by atomic mass is 16.5. The third kappa shape index (κ3) is 18.8. The number of hydroxylamine groups is 1. The molecule has 0 aromatic heterocycles. The van der Waals surface area contributed by atoms with Crippen LogP contribution in [0.25, 0.3) is 0 Å². The molecule has 0 aliphatic carbocycles. The zero-order valence-corrected chi connectivity index (χ0v) is 19.6. The summed E-state index contributed by atoms with van der Waals surface area (Å²) in [6, 6.07) is -0.331. The third-order valence-corrected chi connectivity index (χ3v) is 5.31. The molecule has 0 aromatic rings. The summed E-state index contributed by atoms with van der Waals surface area (Å²) in [5.41, 5.74) is 2.13. The van der Waals surface area contributed by atoms with E-state index in [9.17, 15) is 19.4 Å². The number of nitrogens with zero attached hydrogens (tertiary/aromatic N) is 3. The van der Waals surface area contributed by atoms with Crippen molar-refractivity contribution in [2.24, 2.45) is 10.4 Å². The Morgan fingerprint density at radius 2 is 1.16 bits per heavy atom. The van der Waals surface area contributed by atoms with Gasteiger partial charge in [-0.15, -0.1) is 0 Å². The van der Waals surface area contributed by atoms with Gasteiger partial charge in [-0.3, -0.25) is 9.69 Å². The second-order valence-corrected chi connectivity index (χ2v) is 8.09. The van der Waals surface area contributed by atoms with Crippen molar-refractivity contribution in [3.8, 4) is 0 Å². The van der Waals surface area contributed by atoms with Crippen molar-refractivity contribution in [3.63, 3.8) is 0 Å². The molecular weight excluding hydrogens is 414 g/mol. The van der Waals surface area contributed by atoms with Crippen LogP contribution in [-0.2, 0) is 4.79 Å². The predicted molar refractivity (Wildman–Crippen MR) is 125 cm³/mol. The van der Waals surface area contributed by atoms with Gasteiger partial charge in [0.05, 0.1) is 13.1 Å². The van der Waals surface area contributed by atoms with Crippen molar-refractivity contribution < 1.29 is 14.8 Å². The molecule has 0 atom stereocenters. The first-order valence-electron chi connectivity index (χ1n) is 12.2. The fourth-order valence-electron chi connectivity index (χ4n) is 3.41. The van der Waals surface area contributed by atoms with Gasteiger partial charge in [0.15, 0.2) is 0 Å². The SMILES string of the molecule is O=NCCCCCCCCC(=O)N(CCCCCCNO)C(=O)NCCCCCCN=O. The molecule has 0 heterocycles. The predicted octanol–water partition coefficient (Wildman–Crippen LogP) is 4.89. The molecule has 0 saturated carbocycles. The molecule has 3 amide bonds. The lowest BCUT2D eigenvalue weighted by atomic mass is 10.1. The highest BCUT2D eigenvalue weighted by Crippen LogP contribution is 2.10. The van der Waals surface area contributed by atoms with Crippen LogP contribution in [0.15, 0.2) is 10.4 Å². The number of imide groups is 1. The monoisotopic (exact) mass is 457 g/mol. The molecule has 0 bridgehead atoms. The Morgan fingerprint density at radius 1 is 0.656 bits per heavy atom. The maximum Gasteiger partial charge on any atom is 0.324 e. The standard InChI is InChI=1S/C22H43N5O5/c28-21(15-9-3-1-2-4-11-17-24-30)27(20-14-8-7-13-19-26-32)22(29)23-16-10-5-6-12-18-25-31/h26,32H,1-20H2,(H,23,29). The number of carbonyl (C=O) groups excluding carboxylic acids is 2. The maximum absolute atomic E-state index is 12.7. The molecule has 10 nitrogen and oxygen atoms in total. The van der Waals surface area contributed by atoms with E-state index in [0.29, 0.717) is 39.1 Å². The van der Waals surface area contributed by atoms with E-state index < -0.39 is 0 Å². The maximum atomic E-state index is 12.7. The summed E-state index contributed by atoms with van der Waals surface area (Å²) >= 11 is 0. The molecule has 0 fully saturated rings. The fraction of sp³-hybridized carbons (Fsp3) is 0.909. The molecule has 10 heteroatoms. The van der Waals surface area contributed by atoms with Crippen molar-refractivity contribution in [1.29, 1.82) is 0 Å². The molecule has 0 unspecified atom stereocenters. The number of urea groups is 1. The van der Waals surface area contributed by atoms with Crippen molar-refractivity contribution >= 4 is 11.9 Å². The molecule has 3 N–H and O–H groups in total. The van der Waals surface area contributed by atoms with Gasteiger partial charge in [0.2, 0.25) is 5.91 Å². The summed E-state index contributed by atoms with van der Waals surface area (Å²) in [6.45, 7) is 2.15. The van der Waals surface area contributed by atoms with Crippen LogP contribution in [0.1, 0.15) is 96.3 Å². The van der Waals surface area contributed by atoms with E-state index in [1.807, 2.05) is 0 Å². The van der Waals surface area contributed by atoms with Crippen molar-refractivity contribution in [2.75, 3.05) is 32.7 Å². The first-order valence-corrected chi connectivity index (χ1v) is 12.2. The Kier molecular flexibility index (Phi) is 22.3. The van der Waals surface area contributed by atoms with Crippen molar-refractivity contribution in [3.05, 3.63) is 9.81 Å². The van der Waals surface area contributed by atoms with E-state index in [0.717, 1.165) is 89.9 Å². The number of amides is 3. The number of hydrogen-bond acceptors (Lipinski definition) is 8. The average molecular weight is 458 g/mol. The minimum atomic E-state index is -0.331. The van der Waals surface area contributed by atoms with Gasteiger partial charge in [-0.05, 0) is 38.5 Å². The molecule has 0 radical (unpaired) electrons. The summed E-state index contributed by atoms with van der Waals surface area (Å²) < 4.78 is 0. The molecule has 0 saturated heterocycles. The molecule has 0 aliphatic heterocycles. The number of hydrogen-bond donors (Lipinski definition) is 3. The lowest BCUT2D eigenvalue weighted by Crippen LogP contribution is -2.44. The quantitative estimate of drug-likeness (QED) is 0.113. The van der Waals surface area contributed by atoms with Crippen LogP contribution in [0.3, 0.4) is 0 Å². The van der Waals surface area contributed by atoms with E-state index in [2.05, 4.69) is 21.2 Å². The lowest BCUT2D eigenvalue weighted by Gasteiger charge is -2.21. The average Bonchev–Trinajstić information content (AvgIpc) is 2.79. The zero-order chi connectivity index (χ0) is 23.7. The van der Waals surface area contributed by atoms with E-state index in [-0.39, 0.29) is 11.9 Å². The third-order valence-electron chi connectivity index (χ3n) is 5.31. The topological polar surface area (TPSA) is 141 Å². The Hall–Kier alpha value is -1.94. The number of rotatable bonds is 23. The highest BCUT2D eigenvalue weighted by molar-refractivity contribution is 5.94. The van der Waals surface area contributed by atoms with Crippen molar-refractivity contribution in [1.82, 2.24) is 15.7 Å². The minimum Gasteiger partial charge on any atom is -0.338 e. The molecule has 0 rings (SSSR count). The number of nitrogens with one attached hydrogen (secondary N) is 2. The summed E-state index contributed by atoms with van der Waals surface area (Å²) in [7, 11) is 0. The molecule has 186 valence electrons. The number of carbonyl (C=O) groups is 2. The van der Waals surface area contributed by atoms with Gasteiger partial charge in [-0.2, -0.15) is 9.81 Å². The van der Waals surface area contributed by atoms with E-state index >= 15 is 0 Å². The Morgan fingerprint density at radius 3 is 1.75 bits per heavy atom. The van der Waals surface area contributed by atoms with Gasteiger partial charge in [0.25, 0.3) is 0 Å². The normalized spacial score (nSPS) is 10.7. The number of nitroso groups, excluding NO2 is 2. The first-order chi connectivity index (χ1) is 15.7. The fourth-order valence-corrected chi connectivity index (χ4v) is 3.41. The molecule has 0 aromatic carbocycles. The largest absolute Gasteiger partial charge is 0.338 e. The summed E-state index contributed by atoms with van der Waals surface area (Å²) in [5, 5.41) is 17.1. The van der Waals surface area contributed by atoms with E-state index in [1.165, 1.54) is 4.90 Å². The van der Waals surface area contributed by atoms with Crippen LogP contribution >= 0.6 is 0 Å². The van der Waals surface area contributed by atoms with Gasteiger partial charge in [0.1, 0.15) is 0 Å². The second-order valence-electron chi connectivity index (χ2n) is 8.09. The van der Waals surface area contributed by atoms with Gasteiger partial charge < -0.3 is 10.5 Å². The van der Waals surface area contributed by atoms with Gasteiger partial charge >= 0.3 is 6.03 Å². The van der Waals surface area contributed by atoms with Crippen LogP contribution in [0.4, 0.5) is 4.79 Å². The Balaban J connectivity index is 4.26. The summed E-state index contributed by atoms with van der Waals surface area (Å²) in [5.74, 6) is -0.137. The van der Waals surface area contributed by atoms with Gasteiger partial charge in [0, 0.05) is 26.1 Å². The van der Waals surface area contributed by atoms with E-state index in [1.54, 1.807) is 0 Å². The van der Waals surface area contributed by atoms with Crippen LogP contribution in [0, 0.1) is 9.81 Å². The van der Waals surface area contributed by atoms with Crippen LogP contribution in [0.2, 0.25) is 0 Å². The molecular formula is C22H43N5O5. The van der Waals surface area contributed by atoms with Gasteiger partial charge in [-0.25, -0.2) is 10.3 Å². The highest BCUT2D eigenvalue weighted by Gasteiger charge is 2.20.